The zero-order chi connectivity index (χ0) is 20.6. The Bertz CT molecular complexity index is 1210. The van der Waals surface area contributed by atoms with Crippen molar-refractivity contribution in [1.82, 2.24) is 19.7 Å². The van der Waals surface area contributed by atoms with Crippen molar-refractivity contribution in [2.45, 2.75) is 26.2 Å². The topological polar surface area (TPSA) is 98.8 Å². The van der Waals surface area contributed by atoms with Crippen molar-refractivity contribution < 1.29 is 4.92 Å². The lowest BCUT2D eigenvalue weighted by molar-refractivity contribution is -0.384. The van der Waals surface area contributed by atoms with Crippen LogP contribution in [-0.4, -0.2) is 24.7 Å². The van der Waals surface area contributed by atoms with Gasteiger partial charge in [-0.05, 0) is 18.2 Å². The van der Waals surface area contributed by atoms with E-state index in [9.17, 15) is 10.1 Å². The maximum Gasteiger partial charge on any atom is 0.271 e. The van der Waals surface area contributed by atoms with Crippen LogP contribution in [0.3, 0.4) is 0 Å². The van der Waals surface area contributed by atoms with Gasteiger partial charge in [-0.1, -0.05) is 39.0 Å². The monoisotopic (exact) mass is 388 g/mol. The maximum atomic E-state index is 11.2. The van der Waals surface area contributed by atoms with E-state index in [1.807, 2.05) is 30.3 Å². The van der Waals surface area contributed by atoms with E-state index in [1.165, 1.54) is 12.1 Å². The van der Waals surface area contributed by atoms with Crippen molar-refractivity contribution in [3.63, 3.8) is 0 Å². The van der Waals surface area contributed by atoms with Gasteiger partial charge in [-0.2, -0.15) is 5.10 Å². The van der Waals surface area contributed by atoms with Crippen LogP contribution in [0, 0.1) is 10.1 Å². The first-order valence-corrected chi connectivity index (χ1v) is 9.15. The van der Waals surface area contributed by atoms with Crippen LogP contribution >= 0.6 is 0 Å². The highest BCUT2D eigenvalue weighted by Crippen LogP contribution is 2.29. The third-order valence-electron chi connectivity index (χ3n) is 4.47. The third kappa shape index (κ3) is 3.77. The number of para-hydroxylation sites is 2. The molecule has 8 nitrogen and oxygen atoms in total. The van der Waals surface area contributed by atoms with Gasteiger partial charge in [-0.25, -0.2) is 9.67 Å². The Hall–Kier alpha value is -3.81. The Kier molecular flexibility index (Phi) is 4.46. The molecule has 2 aromatic heterocycles. The molecule has 0 saturated carbocycles. The number of nitro benzene ring substituents is 1. The number of rotatable bonds is 4. The average molecular weight is 388 g/mol. The molecule has 0 amide bonds. The maximum absolute atomic E-state index is 11.2. The minimum Gasteiger partial charge on any atom is -0.324 e. The van der Waals surface area contributed by atoms with Crippen molar-refractivity contribution in [3.05, 3.63) is 76.6 Å². The Morgan fingerprint density at radius 1 is 1.03 bits per heavy atom. The fourth-order valence-corrected chi connectivity index (χ4v) is 2.92. The van der Waals surface area contributed by atoms with E-state index < -0.39 is 4.92 Å². The van der Waals surface area contributed by atoms with Crippen LogP contribution in [0.4, 0.5) is 17.3 Å². The number of nitrogens with one attached hydrogen (secondary N) is 1. The Labute approximate surface area is 167 Å². The highest BCUT2D eigenvalue weighted by atomic mass is 16.6. The summed E-state index contributed by atoms with van der Waals surface area (Å²) in [6, 6.07) is 15.9. The van der Waals surface area contributed by atoms with Crippen molar-refractivity contribution >= 4 is 28.4 Å². The first-order valence-electron chi connectivity index (χ1n) is 9.15. The van der Waals surface area contributed by atoms with Crippen molar-refractivity contribution in [2.24, 2.45) is 0 Å². The lowest BCUT2D eigenvalue weighted by Crippen LogP contribution is -2.12. The van der Waals surface area contributed by atoms with Crippen molar-refractivity contribution in [2.75, 3.05) is 5.32 Å². The van der Waals surface area contributed by atoms with Crippen molar-refractivity contribution in [3.8, 4) is 5.69 Å². The summed E-state index contributed by atoms with van der Waals surface area (Å²) in [5, 5.41) is 19.1. The number of benzene rings is 2. The SMILES string of the molecule is CC(C)(C)c1cc(Nc2cnc3ccccc3n2)n(-c2cccc([N+](=O)[O-])c2)n1. The van der Waals surface area contributed by atoms with Crippen molar-refractivity contribution in [1.29, 1.82) is 0 Å². The predicted molar refractivity (Wildman–Crippen MR) is 112 cm³/mol. The summed E-state index contributed by atoms with van der Waals surface area (Å²) < 4.78 is 1.66. The van der Waals surface area contributed by atoms with E-state index in [2.05, 4.69) is 36.1 Å². The molecule has 1 N–H and O–H groups in total. The van der Waals surface area contributed by atoms with Gasteiger partial charge >= 0.3 is 0 Å². The third-order valence-corrected chi connectivity index (χ3v) is 4.47. The smallest absolute Gasteiger partial charge is 0.271 e. The summed E-state index contributed by atoms with van der Waals surface area (Å²) in [6.45, 7) is 6.19. The summed E-state index contributed by atoms with van der Waals surface area (Å²) >= 11 is 0. The number of hydrogen-bond donors (Lipinski definition) is 1. The highest BCUT2D eigenvalue weighted by molar-refractivity contribution is 5.76. The number of nitrogens with zero attached hydrogens (tertiary/aromatic N) is 5. The van der Waals surface area contributed by atoms with Gasteiger partial charge in [0.1, 0.15) is 5.82 Å². The molecule has 0 atom stereocenters. The minimum absolute atomic E-state index is 0.00626. The van der Waals surface area contributed by atoms with E-state index in [0.717, 1.165) is 16.7 Å². The second kappa shape index (κ2) is 6.97. The van der Waals surface area contributed by atoms with Crippen LogP contribution in [0.5, 0.6) is 0 Å². The fourth-order valence-electron chi connectivity index (χ4n) is 2.92. The number of fused-ring (bicyclic) bond motifs is 1. The van der Waals surface area contributed by atoms with Crippen LogP contribution in [0.1, 0.15) is 26.5 Å². The molecular formula is C21H20N6O2. The second-order valence-electron chi connectivity index (χ2n) is 7.72. The van der Waals surface area contributed by atoms with E-state index in [4.69, 9.17) is 5.10 Å². The Balaban J connectivity index is 1.80. The standard InChI is InChI=1S/C21H20N6O2/c1-21(2,3)18-12-20(24-19-13-22-16-9-4-5-10-17(16)23-19)26(25-18)14-7-6-8-15(11-14)27(28)29/h4-13H,1-3H3,(H,23,24). The molecule has 0 aliphatic carbocycles. The molecule has 0 bridgehead atoms. The second-order valence-corrected chi connectivity index (χ2v) is 7.72. The summed E-state index contributed by atoms with van der Waals surface area (Å²) in [6.07, 6.45) is 1.66. The summed E-state index contributed by atoms with van der Waals surface area (Å²) in [7, 11) is 0. The van der Waals surface area contributed by atoms with Crippen LogP contribution in [-0.2, 0) is 5.41 Å². The van der Waals surface area contributed by atoms with Gasteiger partial charge in [0.2, 0.25) is 0 Å². The van der Waals surface area contributed by atoms with Gasteiger partial charge < -0.3 is 5.32 Å². The first kappa shape index (κ1) is 18.5. The van der Waals surface area contributed by atoms with Gasteiger partial charge in [-0.3, -0.25) is 15.1 Å². The molecule has 4 rings (SSSR count). The molecule has 2 aromatic carbocycles. The van der Waals surface area contributed by atoms with Gasteiger partial charge in [0.15, 0.2) is 5.82 Å². The van der Waals surface area contributed by atoms with Gasteiger partial charge in [-0.15, -0.1) is 0 Å². The minimum atomic E-state index is -0.417. The zero-order valence-electron chi connectivity index (χ0n) is 16.3. The average Bonchev–Trinajstić information content (AvgIpc) is 3.12. The number of hydrogen-bond acceptors (Lipinski definition) is 6. The van der Waals surface area contributed by atoms with E-state index in [-0.39, 0.29) is 11.1 Å². The zero-order valence-corrected chi connectivity index (χ0v) is 16.3. The van der Waals surface area contributed by atoms with Crippen LogP contribution in [0.15, 0.2) is 60.8 Å². The number of aromatic nitrogens is 4. The van der Waals surface area contributed by atoms with E-state index in [1.54, 1.807) is 23.0 Å². The Morgan fingerprint density at radius 2 is 1.79 bits per heavy atom. The molecule has 0 unspecified atom stereocenters. The highest BCUT2D eigenvalue weighted by Gasteiger charge is 2.21. The van der Waals surface area contributed by atoms with E-state index >= 15 is 0 Å². The van der Waals surface area contributed by atoms with Gasteiger partial charge in [0.05, 0.1) is 33.5 Å². The molecule has 146 valence electrons. The first-order chi connectivity index (χ1) is 13.8. The molecule has 29 heavy (non-hydrogen) atoms. The number of non-ortho nitro benzene ring substituents is 1. The summed E-state index contributed by atoms with van der Waals surface area (Å²) in [5.74, 6) is 1.22. The molecular weight excluding hydrogens is 368 g/mol. The molecule has 8 heteroatoms. The molecule has 0 spiro atoms. The van der Waals surface area contributed by atoms with Crippen LogP contribution in [0.2, 0.25) is 0 Å². The van der Waals surface area contributed by atoms with E-state index in [0.29, 0.717) is 17.3 Å². The van der Waals surface area contributed by atoms with Gasteiger partial charge in [0, 0.05) is 23.6 Å². The number of nitro groups is 1. The van der Waals surface area contributed by atoms with Crippen LogP contribution < -0.4 is 5.32 Å². The quantitative estimate of drug-likeness (QED) is 0.399. The number of anilines is 2. The molecule has 0 radical (unpaired) electrons. The van der Waals surface area contributed by atoms with Crippen LogP contribution in [0.25, 0.3) is 16.7 Å². The molecule has 0 aliphatic rings. The lowest BCUT2D eigenvalue weighted by Gasteiger charge is -2.14. The molecule has 0 aliphatic heterocycles. The summed E-state index contributed by atoms with van der Waals surface area (Å²) in [5.41, 5.74) is 2.82. The molecule has 2 heterocycles. The molecule has 0 fully saturated rings. The lowest BCUT2D eigenvalue weighted by atomic mass is 9.92. The summed E-state index contributed by atoms with van der Waals surface area (Å²) in [4.78, 5) is 19.8. The molecule has 4 aromatic rings. The molecule has 0 saturated heterocycles. The fraction of sp³-hybridized carbons (Fsp3) is 0.190. The Morgan fingerprint density at radius 3 is 2.52 bits per heavy atom. The van der Waals surface area contributed by atoms with Gasteiger partial charge in [0.25, 0.3) is 5.69 Å². The normalized spacial score (nSPS) is 11.6. The predicted octanol–water partition coefficient (Wildman–Crippen LogP) is 4.76. The largest absolute Gasteiger partial charge is 0.324 e.